The Labute approximate surface area is 118 Å². The number of aromatic nitrogens is 2. The van der Waals surface area contributed by atoms with Crippen LogP contribution < -0.4 is 0 Å². The molecule has 1 aromatic heterocycles. The first-order valence-corrected chi connectivity index (χ1v) is 6.86. The molecule has 0 saturated heterocycles. The van der Waals surface area contributed by atoms with Crippen molar-refractivity contribution < 1.29 is 4.74 Å². The third-order valence-electron chi connectivity index (χ3n) is 3.49. The van der Waals surface area contributed by atoms with Crippen LogP contribution in [0.15, 0.2) is 54.6 Å². The molecule has 3 aromatic rings. The first-order chi connectivity index (χ1) is 9.84. The fourth-order valence-corrected chi connectivity index (χ4v) is 2.32. The van der Waals surface area contributed by atoms with Gasteiger partial charge in [0.25, 0.3) is 0 Å². The van der Waals surface area contributed by atoms with Gasteiger partial charge < -0.3 is 9.30 Å². The van der Waals surface area contributed by atoms with E-state index in [9.17, 15) is 0 Å². The van der Waals surface area contributed by atoms with Crippen molar-refractivity contribution in [2.45, 2.75) is 13.0 Å². The quantitative estimate of drug-likeness (QED) is 0.662. The lowest BCUT2D eigenvalue weighted by molar-refractivity contribution is 0.117. The largest absolute Gasteiger partial charge is 0.373 e. The minimum atomic E-state index is 0.554. The molecule has 0 saturated carbocycles. The van der Waals surface area contributed by atoms with E-state index in [1.807, 2.05) is 31.3 Å². The highest BCUT2D eigenvalue weighted by Gasteiger charge is 2.06. The van der Waals surface area contributed by atoms with Crippen molar-refractivity contribution in [2.24, 2.45) is 7.05 Å². The van der Waals surface area contributed by atoms with Crippen LogP contribution in [-0.2, 0) is 24.8 Å². The van der Waals surface area contributed by atoms with E-state index >= 15 is 0 Å². The number of benzene rings is 2. The molecule has 0 aliphatic rings. The zero-order valence-corrected chi connectivity index (χ0v) is 11.6. The number of aryl methyl sites for hydroxylation is 1. The highest BCUT2D eigenvalue weighted by Crippen LogP contribution is 2.14. The summed E-state index contributed by atoms with van der Waals surface area (Å²) in [5.41, 5.74) is 3.48. The van der Waals surface area contributed by atoms with Gasteiger partial charge >= 0.3 is 0 Å². The fraction of sp³-hybridized carbons (Fsp3) is 0.235. The highest BCUT2D eigenvalue weighted by atomic mass is 16.5. The normalized spacial score (nSPS) is 11.1. The molecule has 3 rings (SSSR count). The van der Waals surface area contributed by atoms with Gasteiger partial charge in [-0.3, -0.25) is 0 Å². The third kappa shape index (κ3) is 2.73. The summed E-state index contributed by atoms with van der Waals surface area (Å²) in [6.45, 7) is 1.27. The molecule has 0 radical (unpaired) electrons. The fourth-order valence-electron chi connectivity index (χ4n) is 2.32. The predicted molar refractivity (Wildman–Crippen MR) is 80.5 cm³/mol. The van der Waals surface area contributed by atoms with E-state index in [0.29, 0.717) is 13.2 Å². The molecule has 0 aliphatic heterocycles. The van der Waals surface area contributed by atoms with Gasteiger partial charge in [0.2, 0.25) is 0 Å². The van der Waals surface area contributed by atoms with E-state index < -0.39 is 0 Å². The van der Waals surface area contributed by atoms with Gasteiger partial charge in [-0.25, -0.2) is 4.98 Å². The molecule has 3 heteroatoms. The van der Waals surface area contributed by atoms with E-state index in [4.69, 9.17) is 4.74 Å². The Kier molecular flexibility index (Phi) is 3.79. The van der Waals surface area contributed by atoms with Crippen molar-refractivity contribution >= 4 is 11.0 Å². The maximum atomic E-state index is 5.75. The Morgan fingerprint density at radius 3 is 2.55 bits per heavy atom. The Hall–Kier alpha value is -2.13. The van der Waals surface area contributed by atoms with Gasteiger partial charge in [-0.2, -0.15) is 0 Å². The molecule has 102 valence electrons. The summed E-state index contributed by atoms with van der Waals surface area (Å²) in [6, 6.07) is 18.5. The summed E-state index contributed by atoms with van der Waals surface area (Å²) in [7, 11) is 2.03. The van der Waals surface area contributed by atoms with Crippen molar-refractivity contribution in [2.75, 3.05) is 6.61 Å². The number of para-hydroxylation sites is 2. The molecule has 0 atom stereocenters. The van der Waals surface area contributed by atoms with Gasteiger partial charge in [0.15, 0.2) is 0 Å². The molecular weight excluding hydrogens is 248 g/mol. The average Bonchev–Trinajstić information content (AvgIpc) is 2.82. The van der Waals surface area contributed by atoms with E-state index in [1.54, 1.807) is 0 Å². The number of hydrogen-bond acceptors (Lipinski definition) is 2. The van der Waals surface area contributed by atoms with Crippen molar-refractivity contribution in [1.29, 1.82) is 0 Å². The lowest BCUT2D eigenvalue weighted by Crippen LogP contribution is -2.04. The molecule has 0 N–H and O–H groups in total. The van der Waals surface area contributed by atoms with Crippen LogP contribution in [0.5, 0.6) is 0 Å². The van der Waals surface area contributed by atoms with Gasteiger partial charge in [0.1, 0.15) is 12.4 Å². The van der Waals surface area contributed by atoms with Crippen LogP contribution in [0.25, 0.3) is 11.0 Å². The number of hydrogen-bond donors (Lipinski definition) is 0. The van der Waals surface area contributed by atoms with Crippen LogP contribution in [0, 0.1) is 0 Å². The first kappa shape index (κ1) is 12.9. The van der Waals surface area contributed by atoms with Crippen molar-refractivity contribution in [3.05, 3.63) is 66.0 Å². The maximum Gasteiger partial charge on any atom is 0.135 e. The SMILES string of the molecule is Cn1c(COCCc2ccccc2)nc2ccccc21. The van der Waals surface area contributed by atoms with Crippen LogP contribution in [0.1, 0.15) is 11.4 Å². The second-order valence-electron chi connectivity index (χ2n) is 4.86. The number of rotatable bonds is 5. The van der Waals surface area contributed by atoms with Crippen LogP contribution >= 0.6 is 0 Å². The molecule has 20 heavy (non-hydrogen) atoms. The highest BCUT2D eigenvalue weighted by molar-refractivity contribution is 5.75. The minimum Gasteiger partial charge on any atom is -0.373 e. The lowest BCUT2D eigenvalue weighted by atomic mass is 10.2. The summed E-state index contributed by atoms with van der Waals surface area (Å²) in [5, 5.41) is 0. The van der Waals surface area contributed by atoms with Gasteiger partial charge in [-0.15, -0.1) is 0 Å². The summed E-state index contributed by atoms with van der Waals surface area (Å²) >= 11 is 0. The van der Waals surface area contributed by atoms with Crippen LogP contribution in [0.2, 0.25) is 0 Å². The first-order valence-electron chi connectivity index (χ1n) is 6.86. The maximum absolute atomic E-state index is 5.75. The van der Waals surface area contributed by atoms with Gasteiger partial charge in [-0.05, 0) is 24.1 Å². The second-order valence-corrected chi connectivity index (χ2v) is 4.86. The molecule has 0 fully saturated rings. The summed E-state index contributed by atoms with van der Waals surface area (Å²) in [5.74, 6) is 0.972. The molecule has 2 aromatic carbocycles. The molecule has 0 spiro atoms. The summed E-state index contributed by atoms with van der Waals surface area (Å²) < 4.78 is 7.85. The smallest absolute Gasteiger partial charge is 0.135 e. The lowest BCUT2D eigenvalue weighted by Gasteiger charge is -2.05. The van der Waals surface area contributed by atoms with Crippen molar-refractivity contribution in [3.63, 3.8) is 0 Å². The Morgan fingerprint density at radius 2 is 1.75 bits per heavy atom. The Bertz CT molecular complexity index is 689. The van der Waals surface area contributed by atoms with E-state index in [-0.39, 0.29) is 0 Å². The van der Waals surface area contributed by atoms with Crippen LogP contribution in [0.4, 0.5) is 0 Å². The van der Waals surface area contributed by atoms with Crippen LogP contribution in [0.3, 0.4) is 0 Å². The topological polar surface area (TPSA) is 27.1 Å². The minimum absolute atomic E-state index is 0.554. The predicted octanol–water partition coefficient (Wildman–Crippen LogP) is 3.33. The summed E-state index contributed by atoms with van der Waals surface area (Å²) in [6.07, 6.45) is 0.935. The molecule has 0 amide bonds. The molecular formula is C17H18N2O. The molecule has 0 aliphatic carbocycles. The Morgan fingerprint density at radius 1 is 1.00 bits per heavy atom. The molecule has 1 heterocycles. The third-order valence-corrected chi connectivity index (χ3v) is 3.49. The van der Waals surface area contributed by atoms with E-state index in [1.165, 1.54) is 5.56 Å². The molecule has 3 nitrogen and oxygen atoms in total. The number of nitrogens with zero attached hydrogens (tertiary/aromatic N) is 2. The zero-order chi connectivity index (χ0) is 13.8. The number of ether oxygens (including phenoxy) is 1. The second kappa shape index (κ2) is 5.88. The average molecular weight is 266 g/mol. The molecule has 0 unspecified atom stereocenters. The molecule has 0 bridgehead atoms. The number of imidazole rings is 1. The van der Waals surface area contributed by atoms with Gasteiger partial charge in [-0.1, -0.05) is 42.5 Å². The zero-order valence-electron chi connectivity index (χ0n) is 11.6. The van der Waals surface area contributed by atoms with E-state index in [0.717, 1.165) is 23.3 Å². The Balaban J connectivity index is 1.59. The van der Waals surface area contributed by atoms with Gasteiger partial charge in [0, 0.05) is 7.05 Å². The number of fused-ring (bicyclic) bond motifs is 1. The standard InChI is InChI=1S/C17H18N2O/c1-19-16-10-6-5-9-15(16)18-17(19)13-20-12-11-14-7-3-2-4-8-14/h2-10H,11-13H2,1H3. The van der Waals surface area contributed by atoms with Crippen LogP contribution in [-0.4, -0.2) is 16.2 Å². The van der Waals surface area contributed by atoms with E-state index in [2.05, 4.69) is 39.9 Å². The summed E-state index contributed by atoms with van der Waals surface area (Å²) in [4.78, 5) is 4.59. The van der Waals surface area contributed by atoms with Gasteiger partial charge in [0.05, 0.1) is 17.6 Å². The monoisotopic (exact) mass is 266 g/mol. The van der Waals surface area contributed by atoms with Crippen molar-refractivity contribution in [1.82, 2.24) is 9.55 Å². The van der Waals surface area contributed by atoms with Crippen molar-refractivity contribution in [3.8, 4) is 0 Å².